The number of aromatic nitrogens is 2. The van der Waals surface area contributed by atoms with Gasteiger partial charge in [0.05, 0.1) is 17.5 Å². The van der Waals surface area contributed by atoms with Crippen LogP contribution in [0.4, 0.5) is 0 Å². The SMILES string of the molecule is O=C(NCCc1cccs1)c1cn[nH]c1-c1ccc2c(c1)OCCO2. The van der Waals surface area contributed by atoms with Crippen LogP contribution in [0.1, 0.15) is 15.2 Å². The van der Waals surface area contributed by atoms with Gasteiger partial charge in [-0.2, -0.15) is 5.10 Å². The van der Waals surface area contributed by atoms with Crippen molar-refractivity contribution >= 4 is 17.2 Å². The fourth-order valence-corrected chi connectivity index (χ4v) is 3.44. The maximum Gasteiger partial charge on any atom is 0.255 e. The van der Waals surface area contributed by atoms with Crippen molar-refractivity contribution in [2.24, 2.45) is 0 Å². The standard InChI is InChI=1S/C18H17N3O3S/c22-18(19-6-5-13-2-1-9-25-13)14-11-20-21-17(14)12-3-4-15-16(10-12)24-8-7-23-15/h1-4,9-11H,5-8H2,(H,19,22)(H,20,21). The topological polar surface area (TPSA) is 76.2 Å². The summed E-state index contributed by atoms with van der Waals surface area (Å²) in [7, 11) is 0. The lowest BCUT2D eigenvalue weighted by Crippen LogP contribution is -2.25. The Kier molecular flexibility index (Phi) is 4.39. The van der Waals surface area contributed by atoms with Crippen LogP contribution in [0.25, 0.3) is 11.3 Å². The van der Waals surface area contributed by atoms with E-state index in [9.17, 15) is 4.79 Å². The Morgan fingerprint density at radius 2 is 2.12 bits per heavy atom. The highest BCUT2D eigenvalue weighted by Crippen LogP contribution is 2.34. The average Bonchev–Trinajstić information content (AvgIpc) is 3.33. The van der Waals surface area contributed by atoms with E-state index in [2.05, 4.69) is 21.6 Å². The molecule has 0 atom stereocenters. The molecule has 0 saturated carbocycles. The summed E-state index contributed by atoms with van der Waals surface area (Å²) >= 11 is 1.69. The summed E-state index contributed by atoms with van der Waals surface area (Å²) < 4.78 is 11.1. The number of nitrogens with one attached hydrogen (secondary N) is 2. The predicted octanol–water partition coefficient (Wildman–Crippen LogP) is 2.88. The van der Waals surface area contributed by atoms with E-state index in [0.717, 1.165) is 17.7 Å². The molecule has 7 heteroatoms. The molecule has 3 heterocycles. The number of hydrogen-bond donors (Lipinski definition) is 2. The molecular weight excluding hydrogens is 338 g/mol. The zero-order chi connectivity index (χ0) is 17.1. The highest BCUT2D eigenvalue weighted by atomic mass is 32.1. The molecule has 2 aromatic heterocycles. The van der Waals surface area contributed by atoms with Crippen LogP contribution >= 0.6 is 11.3 Å². The third-order valence-corrected chi connectivity index (χ3v) is 4.89. The van der Waals surface area contributed by atoms with Gasteiger partial charge in [0, 0.05) is 17.0 Å². The number of benzene rings is 1. The molecule has 4 rings (SSSR count). The summed E-state index contributed by atoms with van der Waals surface area (Å²) in [6, 6.07) is 9.68. The van der Waals surface area contributed by atoms with Gasteiger partial charge in [0.15, 0.2) is 11.5 Å². The molecule has 0 radical (unpaired) electrons. The Morgan fingerprint density at radius 3 is 2.96 bits per heavy atom. The fraction of sp³-hybridized carbons (Fsp3) is 0.222. The Morgan fingerprint density at radius 1 is 1.24 bits per heavy atom. The summed E-state index contributed by atoms with van der Waals surface area (Å²) in [6.07, 6.45) is 2.37. The quantitative estimate of drug-likeness (QED) is 0.738. The smallest absolute Gasteiger partial charge is 0.255 e. The molecule has 1 aliphatic rings. The van der Waals surface area contributed by atoms with Gasteiger partial charge in [0.2, 0.25) is 0 Å². The molecule has 128 valence electrons. The lowest BCUT2D eigenvalue weighted by Gasteiger charge is -2.18. The van der Waals surface area contributed by atoms with E-state index in [-0.39, 0.29) is 5.91 Å². The van der Waals surface area contributed by atoms with E-state index in [1.165, 1.54) is 4.88 Å². The van der Waals surface area contributed by atoms with Gasteiger partial charge in [-0.1, -0.05) is 6.07 Å². The lowest BCUT2D eigenvalue weighted by molar-refractivity contribution is 0.0955. The van der Waals surface area contributed by atoms with Crippen LogP contribution in [0, 0.1) is 0 Å². The molecule has 1 aliphatic heterocycles. The number of carbonyl (C=O) groups excluding carboxylic acids is 1. The van der Waals surface area contributed by atoms with Crippen molar-refractivity contribution in [1.82, 2.24) is 15.5 Å². The third kappa shape index (κ3) is 3.36. The van der Waals surface area contributed by atoms with Gasteiger partial charge in [-0.15, -0.1) is 11.3 Å². The molecule has 2 N–H and O–H groups in total. The molecule has 6 nitrogen and oxygen atoms in total. The van der Waals surface area contributed by atoms with E-state index >= 15 is 0 Å². The minimum Gasteiger partial charge on any atom is -0.486 e. The van der Waals surface area contributed by atoms with E-state index in [1.807, 2.05) is 29.6 Å². The number of nitrogens with zero attached hydrogens (tertiary/aromatic N) is 1. The molecular formula is C18H17N3O3S. The summed E-state index contributed by atoms with van der Waals surface area (Å²) in [6.45, 7) is 1.66. The Labute approximate surface area is 148 Å². The number of rotatable bonds is 5. The first-order chi connectivity index (χ1) is 12.3. The van der Waals surface area contributed by atoms with Crippen LogP contribution in [0.5, 0.6) is 11.5 Å². The highest BCUT2D eigenvalue weighted by Gasteiger charge is 2.18. The van der Waals surface area contributed by atoms with Gasteiger partial charge in [0.25, 0.3) is 5.91 Å². The second-order valence-electron chi connectivity index (χ2n) is 5.60. The number of amides is 1. The molecule has 25 heavy (non-hydrogen) atoms. The first kappa shape index (κ1) is 15.7. The van der Waals surface area contributed by atoms with Crippen molar-refractivity contribution < 1.29 is 14.3 Å². The summed E-state index contributed by atoms with van der Waals surface area (Å²) in [5.41, 5.74) is 2.03. The average molecular weight is 355 g/mol. The molecule has 0 spiro atoms. The molecule has 1 aromatic carbocycles. The van der Waals surface area contributed by atoms with Crippen LogP contribution in [-0.2, 0) is 6.42 Å². The molecule has 0 aliphatic carbocycles. The summed E-state index contributed by atoms with van der Waals surface area (Å²) in [5, 5.41) is 11.9. The van der Waals surface area contributed by atoms with Crippen LogP contribution in [-0.4, -0.2) is 35.9 Å². The number of hydrogen-bond acceptors (Lipinski definition) is 5. The second kappa shape index (κ2) is 6.98. The zero-order valence-electron chi connectivity index (χ0n) is 13.5. The van der Waals surface area contributed by atoms with Crippen LogP contribution in [0.15, 0.2) is 41.9 Å². The molecule has 1 amide bonds. The molecule has 0 saturated heterocycles. The van der Waals surface area contributed by atoms with E-state index in [0.29, 0.717) is 36.8 Å². The van der Waals surface area contributed by atoms with Crippen LogP contribution in [0.3, 0.4) is 0 Å². The van der Waals surface area contributed by atoms with Gasteiger partial charge in [-0.05, 0) is 36.1 Å². The molecule has 3 aromatic rings. The largest absolute Gasteiger partial charge is 0.486 e. The molecule has 0 fully saturated rings. The number of aromatic amines is 1. The number of thiophene rings is 1. The lowest BCUT2D eigenvalue weighted by atomic mass is 10.1. The molecule has 0 bridgehead atoms. The molecule has 0 unspecified atom stereocenters. The summed E-state index contributed by atoms with van der Waals surface area (Å²) in [5.74, 6) is 1.26. The van der Waals surface area contributed by atoms with Crippen molar-refractivity contribution in [3.05, 3.63) is 52.3 Å². The fourth-order valence-electron chi connectivity index (χ4n) is 2.73. The van der Waals surface area contributed by atoms with Gasteiger partial charge in [-0.3, -0.25) is 9.89 Å². The number of fused-ring (bicyclic) bond motifs is 1. The number of carbonyl (C=O) groups is 1. The van der Waals surface area contributed by atoms with Gasteiger partial charge in [-0.25, -0.2) is 0 Å². The van der Waals surface area contributed by atoms with E-state index in [4.69, 9.17) is 9.47 Å². The van der Waals surface area contributed by atoms with E-state index in [1.54, 1.807) is 17.5 Å². The van der Waals surface area contributed by atoms with Crippen molar-refractivity contribution in [2.45, 2.75) is 6.42 Å². The van der Waals surface area contributed by atoms with Crippen LogP contribution in [0.2, 0.25) is 0 Å². The maximum atomic E-state index is 12.5. The van der Waals surface area contributed by atoms with Gasteiger partial charge < -0.3 is 14.8 Å². The number of ether oxygens (including phenoxy) is 2. The first-order valence-electron chi connectivity index (χ1n) is 8.05. The number of H-pyrrole nitrogens is 1. The van der Waals surface area contributed by atoms with Gasteiger partial charge >= 0.3 is 0 Å². The normalized spacial score (nSPS) is 12.8. The van der Waals surface area contributed by atoms with Crippen molar-refractivity contribution in [3.63, 3.8) is 0 Å². The van der Waals surface area contributed by atoms with E-state index < -0.39 is 0 Å². The predicted molar refractivity (Wildman–Crippen MR) is 95.4 cm³/mol. The van der Waals surface area contributed by atoms with Crippen molar-refractivity contribution in [1.29, 1.82) is 0 Å². The first-order valence-corrected chi connectivity index (χ1v) is 8.93. The third-order valence-electron chi connectivity index (χ3n) is 3.95. The highest BCUT2D eigenvalue weighted by molar-refractivity contribution is 7.09. The Hall–Kier alpha value is -2.80. The van der Waals surface area contributed by atoms with Gasteiger partial charge in [0.1, 0.15) is 13.2 Å². The zero-order valence-corrected chi connectivity index (χ0v) is 14.3. The Balaban J connectivity index is 1.49. The second-order valence-corrected chi connectivity index (χ2v) is 6.63. The van der Waals surface area contributed by atoms with Crippen LogP contribution < -0.4 is 14.8 Å². The monoisotopic (exact) mass is 355 g/mol. The minimum atomic E-state index is -0.143. The minimum absolute atomic E-state index is 0.143. The Bertz CT molecular complexity index is 874. The maximum absolute atomic E-state index is 12.5. The van der Waals surface area contributed by atoms with Crippen molar-refractivity contribution in [2.75, 3.05) is 19.8 Å². The van der Waals surface area contributed by atoms with Crippen molar-refractivity contribution in [3.8, 4) is 22.8 Å². The summed E-state index contributed by atoms with van der Waals surface area (Å²) in [4.78, 5) is 13.7.